The van der Waals surface area contributed by atoms with E-state index in [4.69, 9.17) is 0 Å². The highest BCUT2D eigenvalue weighted by Crippen LogP contribution is 2.26. The summed E-state index contributed by atoms with van der Waals surface area (Å²) in [5, 5.41) is 7.28. The predicted molar refractivity (Wildman–Crippen MR) is 65.1 cm³/mol. The van der Waals surface area contributed by atoms with Crippen molar-refractivity contribution in [2.75, 3.05) is 5.32 Å². The van der Waals surface area contributed by atoms with Crippen LogP contribution in [0.25, 0.3) is 0 Å². The van der Waals surface area contributed by atoms with Crippen LogP contribution in [0, 0.1) is 0 Å². The molecule has 3 rings (SSSR count). The second-order valence-corrected chi connectivity index (χ2v) is 4.33. The van der Waals surface area contributed by atoms with Crippen LogP contribution in [0.4, 0.5) is 5.69 Å². The zero-order valence-corrected chi connectivity index (χ0v) is 9.55. The molecule has 1 aliphatic heterocycles. The van der Waals surface area contributed by atoms with Gasteiger partial charge in [0.2, 0.25) is 0 Å². The Morgan fingerprint density at radius 1 is 1.47 bits per heavy atom. The molecule has 0 aliphatic carbocycles. The van der Waals surface area contributed by atoms with Gasteiger partial charge in [0.1, 0.15) is 0 Å². The number of fused-ring (bicyclic) bond motifs is 1. The fourth-order valence-corrected chi connectivity index (χ4v) is 2.21. The third-order valence-corrected chi connectivity index (χ3v) is 3.08. The van der Waals surface area contributed by atoms with E-state index in [2.05, 4.69) is 16.5 Å². The van der Waals surface area contributed by atoms with Crippen LogP contribution in [0.15, 0.2) is 36.7 Å². The van der Waals surface area contributed by atoms with Crippen molar-refractivity contribution in [3.63, 3.8) is 0 Å². The van der Waals surface area contributed by atoms with Gasteiger partial charge in [-0.05, 0) is 11.6 Å². The molecule has 1 N–H and O–H groups in total. The molecule has 17 heavy (non-hydrogen) atoms. The zero-order chi connectivity index (χ0) is 11.8. The third-order valence-electron chi connectivity index (χ3n) is 3.08. The number of Topliss-reactive ketones (excluding diaryl/α,β-unsaturated/α-hetero) is 1. The molecule has 1 aliphatic rings. The molecule has 0 fully saturated rings. The van der Waals surface area contributed by atoms with Gasteiger partial charge in [0.15, 0.2) is 5.78 Å². The number of carbonyl (C=O) groups is 1. The molecule has 1 unspecified atom stereocenters. The third kappa shape index (κ3) is 1.71. The Morgan fingerprint density at radius 3 is 3.00 bits per heavy atom. The molecule has 1 atom stereocenters. The Kier molecular flexibility index (Phi) is 2.21. The molecule has 4 nitrogen and oxygen atoms in total. The van der Waals surface area contributed by atoms with Crippen LogP contribution in [0.5, 0.6) is 0 Å². The molecule has 0 saturated carbocycles. The topological polar surface area (TPSA) is 46.9 Å². The summed E-state index contributed by atoms with van der Waals surface area (Å²) in [5.41, 5.74) is 2.93. The van der Waals surface area contributed by atoms with Gasteiger partial charge in [0.05, 0.1) is 17.8 Å². The van der Waals surface area contributed by atoms with Gasteiger partial charge in [0, 0.05) is 25.4 Å². The number of aromatic nitrogens is 2. The van der Waals surface area contributed by atoms with Crippen LogP contribution in [-0.2, 0) is 13.5 Å². The fourth-order valence-electron chi connectivity index (χ4n) is 2.21. The smallest absolute Gasteiger partial charge is 0.188 e. The van der Waals surface area contributed by atoms with Crippen molar-refractivity contribution in [1.29, 1.82) is 0 Å². The van der Waals surface area contributed by atoms with Crippen molar-refractivity contribution in [2.24, 2.45) is 7.05 Å². The average Bonchev–Trinajstić information content (AvgIpc) is 2.93. The lowest BCUT2D eigenvalue weighted by Crippen LogP contribution is -2.26. The number of carbonyl (C=O) groups excluding carboxylic acids is 1. The Hall–Kier alpha value is -2.10. The summed E-state index contributed by atoms with van der Waals surface area (Å²) >= 11 is 0. The quantitative estimate of drug-likeness (QED) is 0.793. The Morgan fingerprint density at radius 2 is 2.29 bits per heavy atom. The number of hydrogen-bond donors (Lipinski definition) is 1. The highest BCUT2D eigenvalue weighted by atomic mass is 16.1. The first-order valence-corrected chi connectivity index (χ1v) is 5.61. The van der Waals surface area contributed by atoms with E-state index < -0.39 is 0 Å². The van der Waals surface area contributed by atoms with E-state index in [0.717, 1.165) is 12.1 Å². The average molecular weight is 227 g/mol. The lowest BCUT2D eigenvalue weighted by molar-refractivity contribution is 0.0971. The lowest BCUT2D eigenvalue weighted by Gasteiger charge is -2.07. The van der Waals surface area contributed by atoms with Gasteiger partial charge in [-0.15, -0.1) is 0 Å². The minimum absolute atomic E-state index is 0.106. The minimum Gasteiger partial charge on any atom is -0.374 e. The number of para-hydroxylation sites is 1. The van der Waals surface area contributed by atoms with Crippen LogP contribution in [0.1, 0.15) is 15.9 Å². The van der Waals surface area contributed by atoms with Gasteiger partial charge in [0.25, 0.3) is 0 Å². The molecule has 2 aromatic rings. The number of hydrogen-bond acceptors (Lipinski definition) is 3. The van der Waals surface area contributed by atoms with Gasteiger partial charge in [-0.1, -0.05) is 18.2 Å². The van der Waals surface area contributed by atoms with Crippen LogP contribution < -0.4 is 5.32 Å². The Bertz CT molecular complexity index is 549. The second kappa shape index (κ2) is 3.73. The molecule has 1 aromatic heterocycles. The van der Waals surface area contributed by atoms with E-state index >= 15 is 0 Å². The molecule has 2 heterocycles. The molecule has 4 heteroatoms. The summed E-state index contributed by atoms with van der Waals surface area (Å²) in [6.07, 6.45) is 4.13. The highest BCUT2D eigenvalue weighted by Gasteiger charge is 2.27. The SMILES string of the molecule is Cn1cc(C(=O)C2Cc3ccccc3N2)cn1. The van der Waals surface area contributed by atoms with Crippen molar-refractivity contribution in [3.8, 4) is 0 Å². The maximum absolute atomic E-state index is 12.2. The first-order valence-electron chi connectivity index (χ1n) is 5.61. The van der Waals surface area contributed by atoms with Crippen LogP contribution in [0.2, 0.25) is 0 Å². The second-order valence-electron chi connectivity index (χ2n) is 4.33. The maximum atomic E-state index is 12.2. The number of ketones is 1. The predicted octanol–water partition coefficient (Wildman–Crippen LogP) is 1.64. The summed E-state index contributed by atoms with van der Waals surface area (Å²) in [5.74, 6) is 0.106. The molecule has 0 saturated heterocycles. The summed E-state index contributed by atoms with van der Waals surface area (Å²) in [6.45, 7) is 0. The minimum atomic E-state index is -0.156. The van der Waals surface area contributed by atoms with E-state index in [-0.39, 0.29) is 11.8 Å². The molecular weight excluding hydrogens is 214 g/mol. The summed E-state index contributed by atoms with van der Waals surface area (Å²) < 4.78 is 1.65. The lowest BCUT2D eigenvalue weighted by atomic mass is 10.0. The highest BCUT2D eigenvalue weighted by molar-refractivity contribution is 6.02. The Balaban J connectivity index is 1.83. The Labute approximate surface area is 99.3 Å². The summed E-state index contributed by atoms with van der Waals surface area (Å²) in [4.78, 5) is 12.2. The molecule has 0 spiro atoms. The van der Waals surface area contributed by atoms with Crippen LogP contribution in [0.3, 0.4) is 0 Å². The molecule has 0 radical (unpaired) electrons. The molecule has 86 valence electrons. The number of rotatable bonds is 2. The van der Waals surface area contributed by atoms with Crippen LogP contribution >= 0.6 is 0 Å². The van der Waals surface area contributed by atoms with Crippen molar-refractivity contribution >= 4 is 11.5 Å². The zero-order valence-electron chi connectivity index (χ0n) is 9.55. The normalized spacial score (nSPS) is 17.6. The van der Waals surface area contributed by atoms with Gasteiger partial charge in [-0.2, -0.15) is 5.10 Å². The fraction of sp³-hybridized carbons (Fsp3) is 0.231. The van der Waals surface area contributed by atoms with Crippen LogP contribution in [-0.4, -0.2) is 21.6 Å². The standard InChI is InChI=1S/C13H13N3O/c1-16-8-10(7-14-16)13(17)12-6-9-4-2-3-5-11(9)15-12/h2-5,7-8,12,15H,6H2,1H3. The number of aryl methyl sites for hydroxylation is 1. The number of anilines is 1. The van der Waals surface area contributed by atoms with Crippen molar-refractivity contribution in [1.82, 2.24) is 9.78 Å². The summed E-state index contributed by atoms with van der Waals surface area (Å²) in [6, 6.07) is 7.88. The first kappa shape index (κ1) is 10.1. The van der Waals surface area contributed by atoms with E-state index in [1.54, 1.807) is 17.1 Å². The number of nitrogens with zero attached hydrogens (tertiary/aromatic N) is 2. The van der Waals surface area contributed by atoms with E-state index in [1.165, 1.54) is 5.56 Å². The van der Waals surface area contributed by atoms with E-state index in [9.17, 15) is 4.79 Å². The van der Waals surface area contributed by atoms with Gasteiger partial charge in [-0.3, -0.25) is 9.48 Å². The van der Waals surface area contributed by atoms with Crippen molar-refractivity contribution in [2.45, 2.75) is 12.5 Å². The number of benzene rings is 1. The van der Waals surface area contributed by atoms with Gasteiger partial charge >= 0.3 is 0 Å². The molecule has 0 amide bonds. The van der Waals surface area contributed by atoms with E-state index in [0.29, 0.717) is 5.56 Å². The molecular formula is C13H13N3O. The maximum Gasteiger partial charge on any atom is 0.188 e. The first-order chi connectivity index (χ1) is 8.24. The largest absolute Gasteiger partial charge is 0.374 e. The molecule has 0 bridgehead atoms. The molecule has 1 aromatic carbocycles. The summed E-state index contributed by atoms with van der Waals surface area (Å²) in [7, 11) is 1.81. The van der Waals surface area contributed by atoms with Gasteiger partial charge in [-0.25, -0.2) is 0 Å². The van der Waals surface area contributed by atoms with Crippen molar-refractivity contribution in [3.05, 3.63) is 47.8 Å². The van der Waals surface area contributed by atoms with E-state index in [1.807, 2.05) is 25.2 Å². The van der Waals surface area contributed by atoms with Crippen molar-refractivity contribution < 1.29 is 4.79 Å². The monoisotopic (exact) mass is 227 g/mol. The number of nitrogens with one attached hydrogen (secondary N) is 1. The van der Waals surface area contributed by atoms with Gasteiger partial charge < -0.3 is 5.32 Å².